The second-order valence-corrected chi connectivity index (χ2v) is 14.5. The highest BCUT2D eigenvalue weighted by atomic mass is 32.3. The molecule has 0 fully saturated rings. The molecular formula is C41H34N2S. The van der Waals surface area contributed by atoms with E-state index < -0.39 is 10.0 Å². The van der Waals surface area contributed by atoms with Crippen LogP contribution < -0.4 is 5.32 Å². The number of hydrogen-bond donors (Lipinski definition) is 1. The van der Waals surface area contributed by atoms with Crippen LogP contribution in [0.4, 0.5) is 0 Å². The molecule has 214 valence electrons. The van der Waals surface area contributed by atoms with Crippen molar-refractivity contribution >= 4 is 27.0 Å². The van der Waals surface area contributed by atoms with Crippen LogP contribution in [0.25, 0.3) is 28.1 Å². The summed E-state index contributed by atoms with van der Waals surface area (Å²) in [6, 6.07) is 49.9. The highest BCUT2D eigenvalue weighted by molar-refractivity contribution is 8.34. The van der Waals surface area contributed by atoms with Crippen molar-refractivity contribution in [3.63, 3.8) is 0 Å². The van der Waals surface area contributed by atoms with Crippen molar-refractivity contribution in [1.82, 2.24) is 9.88 Å². The van der Waals surface area contributed by atoms with Gasteiger partial charge >= 0.3 is 0 Å². The predicted octanol–water partition coefficient (Wildman–Crippen LogP) is 10.8. The summed E-state index contributed by atoms with van der Waals surface area (Å²) in [4.78, 5) is 5.35. The van der Waals surface area contributed by atoms with Crippen LogP contribution in [0.2, 0.25) is 0 Å². The zero-order chi connectivity index (χ0) is 29.3. The van der Waals surface area contributed by atoms with E-state index in [0.29, 0.717) is 6.04 Å². The van der Waals surface area contributed by atoms with Crippen molar-refractivity contribution in [3.05, 3.63) is 175 Å². The standard InChI is InChI=1S/C41H34N2S/c1-5-14-31(15-6-1)32-16-13-23-36(28-32)44(34-19-9-3-10-20-34,35-21-11-4-12-22-35)37-24-25-40-39(29-37)38-26-27-42-30-41(38)43(40)33-17-7-2-8-18-33/h1-17,19-29,33,42H,18,30H2. The van der Waals surface area contributed by atoms with E-state index in [1.165, 1.54) is 52.9 Å². The van der Waals surface area contributed by atoms with Crippen molar-refractivity contribution in [1.29, 1.82) is 0 Å². The van der Waals surface area contributed by atoms with Gasteiger partial charge in [0.1, 0.15) is 0 Å². The first-order valence-corrected chi connectivity index (χ1v) is 17.0. The highest BCUT2D eigenvalue weighted by Gasteiger charge is 2.34. The van der Waals surface area contributed by atoms with E-state index in [4.69, 9.17) is 0 Å². The largest absolute Gasteiger partial charge is 0.385 e. The maximum absolute atomic E-state index is 3.49. The summed E-state index contributed by atoms with van der Waals surface area (Å²) in [5.41, 5.74) is 6.46. The Bertz CT molecular complexity index is 2000. The number of nitrogens with zero attached hydrogens (tertiary/aromatic N) is 1. The van der Waals surface area contributed by atoms with Gasteiger partial charge < -0.3 is 9.88 Å². The van der Waals surface area contributed by atoms with Crippen LogP contribution >= 0.6 is 10.0 Å². The van der Waals surface area contributed by atoms with E-state index in [0.717, 1.165) is 13.0 Å². The fraction of sp³-hybridized carbons (Fsp3) is 0.0732. The molecule has 6 aromatic rings. The van der Waals surface area contributed by atoms with Crippen molar-refractivity contribution in [2.45, 2.75) is 38.6 Å². The van der Waals surface area contributed by atoms with E-state index >= 15 is 0 Å². The number of rotatable bonds is 6. The molecule has 2 nitrogen and oxygen atoms in total. The average molecular weight is 587 g/mol. The second-order valence-electron chi connectivity index (χ2n) is 11.4. The minimum atomic E-state index is -1.85. The molecule has 0 bridgehead atoms. The van der Waals surface area contributed by atoms with E-state index in [-0.39, 0.29) is 0 Å². The van der Waals surface area contributed by atoms with E-state index in [1.807, 2.05) is 0 Å². The maximum atomic E-state index is 3.49. The molecule has 0 saturated carbocycles. The minimum Gasteiger partial charge on any atom is -0.385 e. The van der Waals surface area contributed by atoms with Crippen molar-refractivity contribution in [2.24, 2.45) is 0 Å². The lowest BCUT2D eigenvalue weighted by Gasteiger charge is -2.42. The molecule has 1 unspecified atom stereocenters. The predicted molar refractivity (Wildman–Crippen MR) is 185 cm³/mol. The molecule has 5 aromatic carbocycles. The Labute approximate surface area is 261 Å². The molecule has 0 saturated heterocycles. The molecule has 1 N–H and O–H groups in total. The number of hydrogen-bond acceptors (Lipinski definition) is 1. The van der Waals surface area contributed by atoms with Crippen LogP contribution in [-0.4, -0.2) is 4.57 Å². The molecular weight excluding hydrogens is 553 g/mol. The van der Waals surface area contributed by atoms with Crippen LogP contribution in [-0.2, 0) is 6.54 Å². The molecule has 3 heteroatoms. The van der Waals surface area contributed by atoms with Gasteiger partial charge in [-0.2, -0.15) is 0 Å². The van der Waals surface area contributed by atoms with Crippen LogP contribution in [0.5, 0.6) is 0 Å². The number of allylic oxidation sites excluding steroid dienone is 4. The molecule has 44 heavy (non-hydrogen) atoms. The Morgan fingerprint density at radius 1 is 0.614 bits per heavy atom. The highest BCUT2D eigenvalue weighted by Crippen LogP contribution is 2.73. The summed E-state index contributed by atoms with van der Waals surface area (Å²) in [7, 11) is -1.85. The maximum Gasteiger partial charge on any atom is 0.0557 e. The second kappa shape index (κ2) is 11.3. The Balaban J connectivity index is 1.44. The number of nitrogens with one attached hydrogen (secondary N) is 1. The fourth-order valence-electron chi connectivity index (χ4n) is 6.93. The third kappa shape index (κ3) is 4.35. The first-order valence-electron chi connectivity index (χ1n) is 15.3. The molecule has 0 radical (unpaired) electrons. The normalized spacial score (nSPS) is 16.0. The summed E-state index contributed by atoms with van der Waals surface area (Å²) in [6.07, 6.45) is 14.3. The Morgan fingerprint density at radius 3 is 1.98 bits per heavy atom. The molecule has 1 aliphatic heterocycles. The first kappa shape index (κ1) is 26.6. The SMILES string of the molecule is C1=CCC(n2c3c(c4cc(S(c5ccccc5)(c5ccccc5)c5cccc(-c6ccccc6)c5)ccc42)C=CNC3)C=C1. The molecule has 1 atom stereocenters. The van der Waals surface area contributed by atoms with Gasteiger partial charge in [0.15, 0.2) is 0 Å². The van der Waals surface area contributed by atoms with Crippen molar-refractivity contribution in [2.75, 3.05) is 0 Å². The lowest BCUT2D eigenvalue weighted by Crippen LogP contribution is -2.17. The topological polar surface area (TPSA) is 17.0 Å². The third-order valence-corrected chi connectivity index (χ3v) is 12.8. The molecule has 8 rings (SSSR count). The number of aromatic nitrogens is 1. The molecule has 1 aromatic heterocycles. The summed E-state index contributed by atoms with van der Waals surface area (Å²) < 4.78 is 2.56. The molecule has 1 aliphatic carbocycles. The Kier molecular flexibility index (Phi) is 6.81. The number of benzene rings is 5. The monoisotopic (exact) mass is 586 g/mol. The van der Waals surface area contributed by atoms with Crippen LogP contribution in [0, 0.1) is 0 Å². The Morgan fingerprint density at radius 2 is 1.27 bits per heavy atom. The van der Waals surface area contributed by atoms with Gasteiger partial charge in [-0.25, -0.2) is 0 Å². The lowest BCUT2D eigenvalue weighted by molar-refractivity contribution is 0.590. The van der Waals surface area contributed by atoms with E-state index in [2.05, 4.69) is 180 Å². The Hall–Kier alpha value is -4.99. The fourth-order valence-corrected chi connectivity index (χ4v) is 10.8. The van der Waals surface area contributed by atoms with Gasteiger partial charge in [0.25, 0.3) is 0 Å². The zero-order valence-corrected chi connectivity index (χ0v) is 25.3. The van der Waals surface area contributed by atoms with Gasteiger partial charge in [-0.15, -0.1) is 10.0 Å². The van der Waals surface area contributed by atoms with Crippen molar-refractivity contribution < 1.29 is 0 Å². The summed E-state index contributed by atoms with van der Waals surface area (Å²) in [5, 5.41) is 4.81. The van der Waals surface area contributed by atoms with Gasteiger partial charge in [0.2, 0.25) is 0 Å². The third-order valence-electron chi connectivity index (χ3n) is 8.89. The molecule has 0 amide bonds. The molecule has 2 heterocycles. The molecule has 2 aliphatic rings. The van der Waals surface area contributed by atoms with Crippen LogP contribution in [0.15, 0.2) is 184 Å². The van der Waals surface area contributed by atoms with Gasteiger partial charge in [-0.3, -0.25) is 0 Å². The van der Waals surface area contributed by atoms with Crippen LogP contribution in [0.1, 0.15) is 23.7 Å². The van der Waals surface area contributed by atoms with Gasteiger partial charge in [0, 0.05) is 41.7 Å². The zero-order valence-electron chi connectivity index (χ0n) is 24.5. The summed E-state index contributed by atoms with van der Waals surface area (Å²) in [5.74, 6) is 0. The first-order chi connectivity index (χ1) is 21.8. The summed E-state index contributed by atoms with van der Waals surface area (Å²) >= 11 is 0. The van der Waals surface area contributed by atoms with Gasteiger partial charge in [-0.1, -0.05) is 103 Å². The minimum absolute atomic E-state index is 0.313. The van der Waals surface area contributed by atoms with Crippen molar-refractivity contribution in [3.8, 4) is 11.1 Å². The van der Waals surface area contributed by atoms with E-state index in [9.17, 15) is 0 Å². The molecule has 0 spiro atoms. The smallest absolute Gasteiger partial charge is 0.0557 e. The lowest BCUT2D eigenvalue weighted by atomic mass is 10.1. The summed E-state index contributed by atoms with van der Waals surface area (Å²) in [6.45, 7) is 0.832. The van der Waals surface area contributed by atoms with E-state index in [1.54, 1.807) is 0 Å². The van der Waals surface area contributed by atoms with Gasteiger partial charge in [0.05, 0.1) is 12.6 Å². The van der Waals surface area contributed by atoms with Crippen LogP contribution in [0.3, 0.4) is 0 Å². The van der Waals surface area contributed by atoms with Gasteiger partial charge in [-0.05, 0) is 84.4 Å². The quantitative estimate of drug-likeness (QED) is 0.205. The number of fused-ring (bicyclic) bond motifs is 3. The average Bonchev–Trinajstić information content (AvgIpc) is 3.44.